The van der Waals surface area contributed by atoms with E-state index in [1.165, 1.54) is 29.7 Å². The van der Waals surface area contributed by atoms with E-state index in [-0.39, 0.29) is 5.91 Å². The van der Waals surface area contributed by atoms with Gasteiger partial charge in [0.1, 0.15) is 5.69 Å². The summed E-state index contributed by atoms with van der Waals surface area (Å²) in [5.41, 5.74) is 2.90. The molecule has 0 aliphatic rings. The minimum atomic E-state index is -0.127. The van der Waals surface area contributed by atoms with Crippen LogP contribution in [0.2, 0.25) is 0 Å². The Morgan fingerprint density at radius 2 is 2.23 bits per heavy atom. The molecule has 3 rings (SSSR count). The van der Waals surface area contributed by atoms with E-state index in [0.717, 1.165) is 16.6 Å². The molecule has 2 aromatic heterocycles. The molecule has 1 amide bonds. The molecule has 0 aliphatic heterocycles. The van der Waals surface area contributed by atoms with Crippen molar-refractivity contribution in [3.63, 3.8) is 0 Å². The number of hydrogen-bond acceptors (Lipinski definition) is 3. The van der Waals surface area contributed by atoms with Gasteiger partial charge in [0.2, 0.25) is 0 Å². The second kappa shape index (κ2) is 6.32. The Kier molecular flexibility index (Phi) is 4.24. The number of rotatable bonds is 5. The fraction of sp³-hybridized carbons (Fsp3) is 0.294. The number of aromatic nitrogens is 2. The zero-order valence-electron chi connectivity index (χ0n) is 12.8. The van der Waals surface area contributed by atoms with Crippen LogP contribution in [-0.2, 0) is 13.5 Å². The number of benzene rings is 1. The van der Waals surface area contributed by atoms with Crippen molar-refractivity contribution in [1.82, 2.24) is 9.55 Å². The molecule has 5 heteroatoms. The number of anilines is 1. The molecule has 0 aliphatic carbocycles. The molecule has 0 fully saturated rings. The number of amides is 1. The number of nitrogens with zero attached hydrogens (tertiary/aromatic N) is 2. The molecular weight excluding hydrogens is 294 g/mol. The quantitative estimate of drug-likeness (QED) is 0.766. The molecule has 0 saturated carbocycles. The highest BCUT2D eigenvalue weighted by Crippen LogP contribution is 2.27. The van der Waals surface area contributed by atoms with Gasteiger partial charge in [-0.15, -0.1) is 0 Å². The summed E-state index contributed by atoms with van der Waals surface area (Å²) in [5, 5.41) is 3.53. The molecule has 22 heavy (non-hydrogen) atoms. The third-order valence-electron chi connectivity index (χ3n) is 3.67. The molecule has 0 bridgehead atoms. The van der Waals surface area contributed by atoms with Crippen LogP contribution < -0.4 is 5.32 Å². The second-order valence-corrected chi connectivity index (χ2v) is 6.41. The van der Waals surface area contributed by atoms with Crippen LogP contribution in [0.3, 0.4) is 0 Å². The lowest BCUT2D eigenvalue weighted by Crippen LogP contribution is -2.15. The highest BCUT2D eigenvalue weighted by Gasteiger charge is 2.12. The molecule has 0 saturated heterocycles. The molecule has 0 radical (unpaired) electrons. The SMILES string of the molecule is CCCCc1ccc2nc(NC(=O)c3cccn3C)sc2c1. The van der Waals surface area contributed by atoms with Gasteiger partial charge in [0, 0.05) is 13.2 Å². The van der Waals surface area contributed by atoms with Crippen molar-refractivity contribution in [1.29, 1.82) is 0 Å². The number of fused-ring (bicyclic) bond motifs is 1. The lowest BCUT2D eigenvalue weighted by atomic mass is 10.1. The number of aryl methyl sites for hydroxylation is 2. The fourth-order valence-corrected chi connectivity index (χ4v) is 3.34. The van der Waals surface area contributed by atoms with Gasteiger partial charge in [-0.3, -0.25) is 10.1 Å². The number of hydrogen-bond donors (Lipinski definition) is 1. The molecular formula is C17H19N3OS. The first-order valence-electron chi connectivity index (χ1n) is 7.49. The molecule has 2 heterocycles. The molecule has 0 atom stereocenters. The van der Waals surface area contributed by atoms with Gasteiger partial charge in [0.05, 0.1) is 10.2 Å². The summed E-state index contributed by atoms with van der Waals surface area (Å²) in [5.74, 6) is -0.127. The Morgan fingerprint density at radius 3 is 2.95 bits per heavy atom. The van der Waals surface area contributed by atoms with Crippen molar-refractivity contribution >= 4 is 32.6 Å². The normalized spacial score (nSPS) is 11.0. The van der Waals surface area contributed by atoms with Gasteiger partial charge < -0.3 is 4.57 Å². The Labute approximate surface area is 133 Å². The van der Waals surface area contributed by atoms with Gasteiger partial charge in [-0.1, -0.05) is 30.7 Å². The standard InChI is InChI=1S/C17H19N3OS/c1-3-4-6-12-8-9-13-15(11-12)22-17(18-13)19-16(21)14-7-5-10-20(14)2/h5,7-11H,3-4,6H2,1-2H3,(H,18,19,21). The Balaban J connectivity index is 1.80. The first-order chi connectivity index (χ1) is 10.7. The number of unbranched alkanes of at least 4 members (excludes halogenated alkanes) is 1. The van der Waals surface area contributed by atoms with Crippen molar-refractivity contribution in [2.75, 3.05) is 5.32 Å². The maximum Gasteiger partial charge on any atom is 0.274 e. The lowest BCUT2D eigenvalue weighted by Gasteiger charge is -2.02. The molecule has 3 aromatic rings. The smallest absolute Gasteiger partial charge is 0.274 e. The summed E-state index contributed by atoms with van der Waals surface area (Å²) in [7, 11) is 1.85. The van der Waals surface area contributed by atoms with Crippen LogP contribution in [0.15, 0.2) is 36.5 Å². The first kappa shape index (κ1) is 14.8. The van der Waals surface area contributed by atoms with Gasteiger partial charge >= 0.3 is 0 Å². The largest absolute Gasteiger partial charge is 0.347 e. The van der Waals surface area contributed by atoms with E-state index in [4.69, 9.17) is 0 Å². The molecule has 4 nitrogen and oxygen atoms in total. The van der Waals surface area contributed by atoms with Gasteiger partial charge in [-0.05, 0) is 42.7 Å². The predicted molar refractivity (Wildman–Crippen MR) is 91.6 cm³/mol. The van der Waals surface area contributed by atoms with Crippen LogP contribution in [0.1, 0.15) is 35.8 Å². The molecule has 0 spiro atoms. The third kappa shape index (κ3) is 3.04. The number of thiazole rings is 1. The van der Waals surface area contributed by atoms with Gasteiger partial charge in [-0.2, -0.15) is 0 Å². The van der Waals surface area contributed by atoms with E-state index in [9.17, 15) is 4.79 Å². The molecule has 1 aromatic carbocycles. The maximum absolute atomic E-state index is 12.2. The average molecular weight is 313 g/mol. The molecule has 0 unspecified atom stereocenters. The zero-order valence-corrected chi connectivity index (χ0v) is 13.6. The second-order valence-electron chi connectivity index (χ2n) is 5.38. The third-order valence-corrected chi connectivity index (χ3v) is 4.60. The maximum atomic E-state index is 12.2. The summed E-state index contributed by atoms with van der Waals surface area (Å²) in [6, 6.07) is 10.00. The van der Waals surface area contributed by atoms with Gasteiger partial charge in [0.25, 0.3) is 5.91 Å². The Bertz CT molecular complexity index is 803. The molecule has 114 valence electrons. The number of carbonyl (C=O) groups is 1. The summed E-state index contributed by atoms with van der Waals surface area (Å²) >= 11 is 1.52. The Hall–Kier alpha value is -2.14. The predicted octanol–water partition coefficient (Wildman–Crippen LogP) is 4.23. The van der Waals surface area contributed by atoms with E-state index in [1.807, 2.05) is 25.4 Å². The number of carbonyl (C=O) groups excluding carboxylic acids is 1. The average Bonchev–Trinajstić information content (AvgIpc) is 3.09. The highest BCUT2D eigenvalue weighted by molar-refractivity contribution is 7.22. The zero-order chi connectivity index (χ0) is 15.5. The van der Waals surface area contributed by atoms with Crippen LogP contribution in [0.25, 0.3) is 10.2 Å². The van der Waals surface area contributed by atoms with Gasteiger partial charge in [0.15, 0.2) is 5.13 Å². The van der Waals surface area contributed by atoms with Crippen molar-refractivity contribution in [3.8, 4) is 0 Å². The summed E-state index contributed by atoms with van der Waals surface area (Å²) < 4.78 is 2.92. The number of nitrogens with one attached hydrogen (secondary N) is 1. The molecule has 1 N–H and O–H groups in total. The van der Waals surface area contributed by atoms with Crippen molar-refractivity contribution in [2.24, 2.45) is 7.05 Å². The van der Waals surface area contributed by atoms with E-state index >= 15 is 0 Å². The van der Waals surface area contributed by atoms with Crippen molar-refractivity contribution in [3.05, 3.63) is 47.8 Å². The van der Waals surface area contributed by atoms with Crippen molar-refractivity contribution < 1.29 is 4.79 Å². The van der Waals surface area contributed by atoms with E-state index < -0.39 is 0 Å². The fourth-order valence-electron chi connectivity index (χ4n) is 2.42. The monoisotopic (exact) mass is 313 g/mol. The first-order valence-corrected chi connectivity index (χ1v) is 8.31. The van der Waals surface area contributed by atoms with Crippen LogP contribution in [0.4, 0.5) is 5.13 Å². The van der Waals surface area contributed by atoms with Crippen LogP contribution >= 0.6 is 11.3 Å². The van der Waals surface area contributed by atoms with Gasteiger partial charge in [-0.25, -0.2) is 4.98 Å². The van der Waals surface area contributed by atoms with Crippen LogP contribution in [0, 0.1) is 0 Å². The lowest BCUT2D eigenvalue weighted by molar-refractivity contribution is 0.101. The van der Waals surface area contributed by atoms with Crippen LogP contribution in [0.5, 0.6) is 0 Å². The van der Waals surface area contributed by atoms with E-state index in [2.05, 4.69) is 29.4 Å². The highest BCUT2D eigenvalue weighted by atomic mass is 32.1. The summed E-state index contributed by atoms with van der Waals surface area (Å²) in [4.78, 5) is 16.7. The van der Waals surface area contributed by atoms with E-state index in [1.54, 1.807) is 10.6 Å². The minimum Gasteiger partial charge on any atom is -0.347 e. The van der Waals surface area contributed by atoms with E-state index in [0.29, 0.717) is 10.8 Å². The van der Waals surface area contributed by atoms with Crippen LogP contribution in [-0.4, -0.2) is 15.5 Å². The Morgan fingerprint density at radius 1 is 1.36 bits per heavy atom. The van der Waals surface area contributed by atoms with Crippen molar-refractivity contribution in [2.45, 2.75) is 26.2 Å². The topological polar surface area (TPSA) is 46.9 Å². The minimum absolute atomic E-state index is 0.127. The summed E-state index contributed by atoms with van der Waals surface area (Å²) in [6.45, 7) is 2.20. The summed E-state index contributed by atoms with van der Waals surface area (Å²) in [6.07, 6.45) is 5.34.